The number of aromatic amines is 1. The van der Waals surface area contributed by atoms with E-state index >= 15 is 0 Å². The molecule has 0 aliphatic carbocycles. The van der Waals surface area contributed by atoms with Crippen molar-refractivity contribution in [1.29, 1.82) is 0 Å². The first-order chi connectivity index (χ1) is 9.15. The van der Waals surface area contributed by atoms with Gasteiger partial charge in [-0.3, -0.25) is 10.1 Å². The average Bonchev–Trinajstić information content (AvgIpc) is 2.77. The van der Waals surface area contributed by atoms with E-state index in [9.17, 15) is 0 Å². The standard InChI is InChI=1S/C14H20N4O/c1-10(2)7-16-9-12-8-15-5-4-13(12)19-14-6-11(3)17-18-14/h4-6,8,10,16H,7,9H2,1-3H3,(H,17,18). The summed E-state index contributed by atoms with van der Waals surface area (Å²) in [6.07, 6.45) is 3.54. The second-order valence-electron chi connectivity index (χ2n) is 5.00. The third-order valence-corrected chi connectivity index (χ3v) is 2.62. The number of rotatable bonds is 6. The molecule has 2 N–H and O–H groups in total. The molecule has 0 aliphatic heterocycles. The highest BCUT2D eigenvalue weighted by molar-refractivity contribution is 5.33. The highest BCUT2D eigenvalue weighted by atomic mass is 16.5. The fraction of sp³-hybridized carbons (Fsp3) is 0.429. The minimum Gasteiger partial charge on any atom is -0.437 e. The van der Waals surface area contributed by atoms with Crippen LogP contribution in [-0.2, 0) is 6.54 Å². The monoisotopic (exact) mass is 260 g/mol. The van der Waals surface area contributed by atoms with Gasteiger partial charge in [0.15, 0.2) is 0 Å². The Labute approximate surface area is 113 Å². The Kier molecular flexibility index (Phi) is 4.52. The molecule has 19 heavy (non-hydrogen) atoms. The molecule has 0 aromatic carbocycles. The van der Waals surface area contributed by atoms with Crippen LogP contribution in [0, 0.1) is 12.8 Å². The molecule has 102 valence electrons. The van der Waals surface area contributed by atoms with Crippen LogP contribution in [0.25, 0.3) is 0 Å². The van der Waals surface area contributed by atoms with Gasteiger partial charge in [-0.25, -0.2) is 0 Å². The van der Waals surface area contributed by atoms with Gasteiger partial charge in [-0.1, -0.05) is 13.8 Å². The van der Waals surface area contributed by atoms with E-state index in [2.05, 4.69) is 34.3 Å². The number of pyridine rings is 1. The van der Waals surface area contributed by atoms with Crippen molar-refractivity contribution in [3.63, 3.8) is 0 Å². The summed E-state index contributed by atoms with van der Waals surface area (Å²) >= 11 is 0. The van der Waals surface area contributed by atoms with Crippen LogP contribution >= 0.6 is 0 Å². The Balaban J connectivity index is 2.03. The molecule has 0 radical (unpaired) electrons. The van der Waals surface area contributed by atoms with E-state index in [1.165, 1.54) is 0 Å². The molecule has 0 unspecified atom stereocenters. The van der Waals surface area contributed by atoms with Gasteiger partial charge in [0.2, 0.25) is 5.88 Å². The summed E-state index contributed by atoms with van der Waals surface area (Å²) in [7, 11) is 0. The molecule has 5 nitrogen and oxygen atoms in total. The van der Waals surface area contributed by atoms with Gasteiger partial charge in [0, 0.05) is 36.3 Å². The SMILES string of the molecule is Cc1cc(Oc2ccncc2CNCC(C)C)n[nH]1. The van der Waals surface area contributed by atoms with Gasteiger partial charge in [-0.2, -0.15) is 0 Å². The van der Waals surface area contributed by atoms with E-state index in [0.717, 1.165) is 30.1 Å². The van der Waals surface area contributed by atoms with Gasteiger partial charge >= 0.3 is 0 Å². The van der Waals surface area contributed by atoms with E-state index in [1.54, 1.807) is 6.20 Å². The summed E-state index contributed by atoms with van der Waals surface area (Å²) in [6, 6.07) is 3.72. The molecular weight excluding hydrogens is 240 g/mol. The molecular formula is C14H20N4O. The van der Waals surface area contributed by atoms with Crippen LogP contribution in [0.3, 0.4) is 0 Å². The van der Waals surface area contributed by atoms with Gasteiger partial charge in [0.25, 0.3) is 0 Å². The lowest BCUT2D eigenvalue weighted by Crippen LogP contribution is -2.19. The van der Waals surface area contributed by atoms with Crippen molar-refractivity contribution in [2.75, 3.05) is 6.54 Å². The van der Waals surface area contributed by atoms with Crippen LogP contribution in [0.15, 0.2) is 24.5 Å². The van der Waals surface area contributed by atoms with Crippen LogP contribution in [-0.4, -0.2) is 21.7 Å². The fourth-order valence-corrected chi connectivity index (χ4v) is 1.70. The van der Waals surface area contributed by atoms with E-state index < -0.39 is 0 Å². The first kappa shape index (κ1) is 13.5. The van der Waals surface area contributed by atoms with Crippen LogP contribution in [0.4, 0.5) is 0 Å². The Hall–Kier alpha value is -1.88. The van der Waals surface area contributed by atoms with Crippen molar-refractivity contribution in [2.24, 2.45) is 5.92 Å². The summed E-state index contributed by atoms with van der Waals surface area (Å²) < 4.78 is 5.77. The number of nitrogens with zero attached hydrogens (tertiary/aromatic N) is 2. The zero-order valence-corrected chi connectivity index (χ0v) is 11.6. The zero-order chi connectivity index (χ0) is 13.7. The van der Waals surface area contributed by atoms with Gasteiger partial charge in [0.1, 0.15) is 5.75 Å². The minimum absolute atomic E-state index is 0.578. The molecule has 2 aromatic heterocycles. The molecule has 0 saturated carbocycles. The van der Waals surface area contributed by atoms with Crippen molar-refractivity contribution < 1.29 is 4.74 Å². The molecule has 0 fully saturated rings. The normalized spacial score (nSPS) is 10.9. The molecule has 0 bridgehead atoms. The van der Waals surface area contributed by atoms with E-state index in [0.29, 0.717) is 11.8 Å². The second-order valence-corrected chi connectivity index (χ2v) is 5.00. The van der Waals surface area contributed by atoms with Gasteiger partial charge in [-0.15, -0.1) is 5.10 Å². The van der Waals surface area contributed by atoms with Crippen molar-refractivity contribution in [1.82, 2.24) is 20.5 Å². The summed E-state index contributed by atoms with van der Waals surface area (Å²) in [5.41, 5.74) is 2.01. The molecule has 5 heteroatoms. The molecule has 2 aromatic rings. The number of ether oxygens (including phenoxy) is 1. The number of hydrogen-bond donors (Lipinski definition) is 2. The largest absolute Gasteiger partial charge is 0.437 e. The van der Waals surface area contributed by atoms with Crippen LogP contribution in [0.5, 0.6) is 11.6 Å². The van der Waals surface area contributed by atoms with Gasteiger partial charge in [-0.05, 0) is 25.5 Å². The van der Waals surface area contributed by atoms with Crippen molar-refractivity contribution in [3.05, 3.63) is 35.8 Å². The van der Waals surface area contributed by atoms with Crippen LogP contribution < -0.4 is 10.1 Å². The van der Waals surface area contributed by atoms with Crippen molar-refractivity contribution >= 4 is 0 Å². The Morgan fingerprint density at radius 2 is 2.26 bits per heavy atom. The second kappa shape index (κ2) is 6.33. The maximum Gasteiger partial charge on any atom is 0.238 e. The molecule has 0 saturated heterocycles. The zero-order valence-electron chi connectivity index (χ0n) is 11.6. The molecule has 0 spiro atoms. The third kappa shape index (κ3) is 4.06. The minimum atomic E-state index is 0.578. The predicted molar refractivity (Wildman–Crippen MR) is 74.2 cm³/mol. The Morgan fingerprint density at radius 3 is 2.95 bits per heavy atom. The number of H-pyrrole nitrogens is 1. The maximum atomic E-state index is 5.77. The number of hydrogen-bond acceptors (Lipinski definition) is 4. The quantitative estimate of drug-likeness (QED) is 0.838. The lowest BCUT2D eigenvalue weighted by Gasteiger charge is -2.11. The van der Waals surface area contributed by atoms with Crippen LogP contribution in [0.2, 0.25) is 0 Å². The number of nitrogens with one attached hydrogen (secondary N) is 2. The third-order valence-electron chi connectivity index (χ3n) is 2.62. The van der Waals surface area contributed by atoms with E-state index in [-0.39, 0.29) is 0 Å². The first-order valence-corrected chi connectivity index (χ1v) is 6.48. The number of aromatic nitrogens is 3. The lowest BCUT2D eigenvalue weighted by molar-refractivity contribution is 0.449. The smallest absolute Gasteiger partial charge is 0.238 e. The van der Waals surface area contributed by atoms with Crippen molar-refractivity contribution in [2.45, 2.75) is 27.3 Å². The van der Waals surface area contributed by atoms with E-state index in [4.69, 9.17) is 4.74 Å². The molecule has 0 amide bonds. The molecule has 0 atom stereocenters. The predicted octanol–water partition coefficient (Wildman–Crippen LogP) is 2.65. The summed E-state index contributed by atoms with van der Waals surface area (Å²) in [5.74, 6) is 1.99. The molecule has 2 rings (SSSR count). The topological polar surface area (TPSA) is 62.8 Å². The fourth-order valence-electron chi connectivity index (χ4n) is 1.70. The van der Waals surface area contributed by atoms with Gasteiger partial charge < -0.3 is 10.1 Å². The van der Waals surface area contributed by atoms with E-state index in [1.807, 2.05) is 25.3 Å². The summed E-state index contributed by atoms with van der Waals surface area (Å²) in [5, 5.41) is 10.3. The summed E-state index contributed by atoms with van der Waals surface area (Å²) in [4.78, 5) is 4.14. The Morgan fingerprint density at radius 1 is 1.42 bits per heavy atom. The highest BCUT2D eigenvalue weighted by Gasteiger charge is 2.07. The summed E-state index contributed by atoms with van der Waals surface area (Å²) in [6.45, 7) is 8.01. The highest BCUT2D eigenvalue weighted by Crippen LogP contribution is 2.23. The molecule has 0 aliphatic rings. The average molecular weight is 260 g/mol. The lowest BCUT2D eigenvalue weighted by atomic mass is 10.2. The van der Waals surface area contributed by atoms with Crippen LogP contribution in [0.1, 0.15) is 25.1 Å². The first-order valence-electron chi connectivity index (χ1n) is 6.48. The number of aryl methyl sites for hydroxylation is 1. The molecule has 2 heterocycles. The maximum absolute atomic E-state index is 5.77. The van der Waals surface area contributed by atoms with Crippen molar-refractivity contribution in [3.8, 4) is 11.6 Å². The van der Waals surface area contributed by atoms with Gasteiger partial charge in [0.05, 0.1) is 0 Å². The Bertz CT molecular complexity index is 522.